The molecule has 9 heteroatoms. The Morgan fingerprint density at radius 3 is 2.08 bits per heavy atom. The van der Waals surface area contributed by atoms with Gasteiger partial charge in [0.2, 0.25) is 0 Å². The van der Waals surface area contributed by atoms with Crippen LogP contribution in [0, 0.1) is 0 Å². The summed E-state index contributed by atoms with van der Waals surface area (Å²) < 4.78 is 63.0. The number of rotatable bonds is 6. The molecular weight excluding hydrogens is 475 g/mol. The summed E-state index contributed by atoms with van der Waals surface area (Å²) in [7, 11) is 6.03. The van der Waals surface area contributed by atoms with Gasteiger partial charge in [-0.25, -0.2) is 0 Å². The van der Waals surface area contributed by atoms with Gasteiger partial charge in [0.1, 0.15) is 0 Å². The van der Waals surface area contributed by atoms with E-state index >= 15 is 0 Å². The molecule has 0 saturated carbocycles. The van der Waals surface area contributed by atoms with Gasteiger partial charge >= 0.3 is 6.18 Å². The molecular formula is C27H26F3NO5. The molecule has 0 N–H and O–H groups in total. The molecule has 0 spiro atoms. The highest BCUT2D eigenvalue weighted by molar-refractivity contribution is 5.96. The Hall–Kier alpha value is -3.88. The molecule has 1 heterocycles. The number of alkyl halides is 3. The van der Waals surface area contributed by atoms with Crippen LogP contribution in [-0.2, 0) is 12.6 Å². The monoisotopic (exact) mass is 501 g/mol. The molecule has 36 heavy (non-hydrogen) atoms. The van der Waals surface area contributed by atoms with Crippen molar-refractivity contribution in [2.45, 2.75) is 18.6 Å². The highest BCUT2D eigenvalue weighted by Crippen LogP contribution is 2.44. The molecule has 1 aliphatic rings. The molecule has 3 aromatic carbocycles. The molecule has 1 amide bonds. The van der Waals surface area contributed by atoms with Gasteiger partial charge in [0.25, 0.3) is 5.91 Å². The number of fused-ring (bicyclic) bond motifs is 1. The number of hydrogen-bond acceptors (Lipinski definition) is 5. The number of carbonyl (C=O) groups is 1. The number of nitrogens with zero attached hydrogens (tertiary/aromatic N) is 1. The van der Waals surface area contributed by atoms with Crippen LogP contribution in [0.15, 0.2) is 54.6 Å². The third-order valence-corrected chi connectivity index (χ3v) is 6.32. The molecule has 1 atom stereocenters. The lowest BCUT2D eigenvalue weighted by atomic mass is 9.86. The van der Waals surface area contributed by atoms with Crippen LogP contribution in [0.4, 0.5) is 13.2 Å². The summed E-state index contributed by atoms with van der Waals surface area (Å²) in [6.07, 6.45) is -4.24. The van der Waals surface area contributed by atoms with E-state index in [-0.39, 0.29) is 6.54 Å². The molecule has 190 valence electrons. The van der Waals surface area contributed by atoms with Gasteiger partial charge in [0, 0.05) is 6.54 Å². The average molecular weight is 502 g/mol. The fourth-order valence-corrected chi connectivity index (χ4v) is 4.62. The molecule has 1 aliphatic heterocycles. The van der Waals surface area contributed by atoms with E-state index in [0.29, 0.717) is 35.0 Å². The van der Waals surface area contributed by atoms with Crippen LogP contribution in [0.3, 0.4) is 0 Å². The van der Waals surface area contributed by atoms with Crippen molar-refractivity contribution < 1.29 is 36.9 Å². The van der Waals surface area contributed by atoms with Crippen LogP contribution < -0.4 is 18.9 Å². The third kappa shape index (κ3) is 4.53. The quantitative estimate of drug-likeness (QED) is 0.445. The van der Waals surface area contributed by atoms with Crippen molar-refractivity contribution >= 4 is 5.91 Å². The van der Waals surface area contributed by atoms with E-state index in [0.717, 1.165) is 17.2 Å². The number of halogens is 3. The van der Waals surface area contributed by atoms with Crippen LogP contribution in [0.2, 0.25) is 0 Å². The van der Waals surface area contributed by atoms with Crippen molar-refractivity contribution in [2.75, 3.05) is 35.0 Å². The first-order valence-corrected chi connectivity index (χ1v) is 11.2. The lowest BCUT2D eigenvalue weighted by Gasteiger charge is -2.38. The Morgan fingerprint density at radius 2 is 1.44 bits per heavy atom. The molecule has 0 fully saturated rings. The Bertz CT molecular complexity index is 1270. The van der Waals surface area contributed by atoms with Gasteiger partial charge in [0.15, 0.2) is 23.0 Å². The fraction of sp³-hybridized carbons (Fsp3) is 0.296. The minimum Gasteiger partial charge on any atom is -0.493 e. The van der Waals surface area contributed by atoms with Crippen LogP contribution in [-0.4, -0.2) is 45.8 Å². The Labute approximate surface area is 207 Å². The van der Waals surface area contributed by atoms with Crippen LogP contribution >= 0.6 is 0 Å². The summed E-state index contributed by atoms with van der Waals surface area (Å²) in [5.41, 5.74) is 0.904. The number of ether oxygens (including phenoxy) is 4. The van der Waals surface area contributed by atoms with E-state index in [4.69, 9.17) is 18.9 Å². The van der Waals surface area contributed by atoms with Crippen LogP contribution in [0.25, 0.3) is 0 Å². The van der Waals surface area contributed by atoms with Crippen molar-refractivity contribution in [1.29, 1.82) is 0 Å². The zero-order chi connectivity index (χ0) is 26.0. The van der Waals surface area contributed by atoms with Gasteiger partial charge in [-0.3, -0.25) is 4.79 Å². The summed E-state index contributed by atoms with van der Waals surface area (Å²) in [6, 6.07) is 12.9. The van der Waals surface area contributed by atoms with Gasteiger partial charge in [0.05, 0.1) is 45.6 Å². The smallest absolute Gasteiger partial charge is 0.417 e. The van der Waals surface area contributed by atoms with E-state index in [1.807, 2.05) is 6.07 Å². The van der Waals surface area contributed by atoms with Gasteiger partial charge < -0.3 is 23.8 Å². The Kier molecular flexibility index (Phi) is 7.01. The number of benzene rings is 3. The minimum absolute atomic E-state index is 0.201. The largest absolute Gasteiger partial charge is 0.493 e. The highest BCUT2D eigenvalue weighted by Gasteiger charge is 2.39. The molecule has 0 radical (unpaired) electrons. The maximum absolute atomic E-state index is 13.8. The zero-order valence-corrected chi connectivity index (χ0v) is 20.3. The van der Waals surface area contributed by atoms with Gasteiger partial charge in [-0.05, 0) is 59.5 Å². The summed E-state index contributed by atoms with van der Waals surface area (Å²) in [5, 5.41) is 0. The van der Waals surface area contributed by atoms with Crippen molar-refractivity contribution in [1.82, 2.24) is 4.90 Å². The van der Waals surface area contributed by atoms with Crippen molar-refractivity contribution in [3.63, 3.8) is 0 Å². The Balaban J connectivity index is 1.91. The van der Waals surface area contributed by atoms with E-state index in [1.54, 1.807) is 24.3 Å². The lowest BCUT2D eigenvalue weighted by Crippen LogP contribution is -2.41. The average Bonchev–Trinajstić information content (AvgIpc) is 2.90. The Morgan fingerprint density at radius 1 is 0.833 bits per heavy atom. The molecule has 0 aromatic heterocycles. The normalized spacial score (nSPS) is 15.2. The first-order valence-electron chi connectivity index (χ1n) is 11.2. The third-order valence-electron chi connectivity index (χ3n) is 6.32. The predicted octanol–water partition coefficient (Wildman–Crippen LogP) is 5.53. The fourth-order valence-electron chi connectivity index (χ4n) is 4.62. The molecule has 4 rings (SSSR count). The summed E-state index contributed by atoms with van der Waals surface area (Å²) in [5.74, 6) is 1.19. The number of carbonyl (C=O) groups excluding carboxylic acids is 1. The maximum atomic E-state index is 13.8. The van der Waals surface area contributed by atoms with Crippen molar-refractivity contribution in [3.05, 3.63) is 82.4 Å². The molecule has 6 nitrogen and oxygen atoms in total. The summed E-state index contributed by atoms with van der Waals surface area (Å²) >= 11 is 0. The SMILES string of the molecule is COc1ccc([C@H]2c3cc(OC)c(OC)cc3CCN2C(=O)c2ccccc2C(F)(F)F)cc1OC. The molecule has 3 aromatic rings. The summed E-state index contributed by atoms with van der Waals surface area (Å²) in [6.45, 7) is 0.201. The van der Waals surface area contributed by atoms with Gasteiger partial charge in [-0.1, -0.05) is 18.2 Å². The molecule has 0 bridgehead atoms. The first-order chi connectivity index (χ1) is 17.2. The second kappa shape index (κ2) is 10.0. The summed E-state index contributed by atoms with van der Waals surface area (Å²) in [4.78, 5) is 15.2. The van der Waals surface area contributed by atoms with E-state index in [2.05, 4.69) is 0 Å². The number of methoxy groups -OCH3 is 4. The molecule has 0 aliphatic carbocycles. The first kappa shape index (κ1) is 25.2. The zero-order valence-electron chi connectivity index (χ0n) is 20.3. The van der Waals surface area contributed by atoms with Crippen molar-refractivity contribution in [2.24, 2.45) is 0 Å². The highest BCUT2D eigenvalue weighted by atomic mass is 19.4. The lowest BCUT2D eigenvalue weighted by molar-refractivity contribution is -0.138. The van der Waals surface area contributed by atoms with Crippen LogP contribution in [0.1, 0.15) is 38.7 Å². The second-order valence-corrected chi connectivity index (χ2v) is 8.21. The predicted molar refractivity (Wildman–Crippen MR) is 127 cm³/mol. The number of hydrogen-bond donors (Lipinski definition) is 0. The minimum atomic E-state index is -4.67. The van der Waals surface area contributed by atoms with E-state index in [9.17, 15) is 18.0 Å². The standard InChI is InChI=1S/C27H26F3NO5/c1-33-21-10-9-17(14-22(21)34-2)25-19-15-24(36-4)23(35-3)13-16(19)11-12-31(25)26(32)18-7-5-6-8-20(18)27(28,29)30/h5-10,13-15,25H,11-12H2,1-4H3/t25-/m0/s1. The second-order valence-electron chi connectivity index (χ2n) is 8.21. The maximum Gasteiger partial charge on any atom is 0.417 e. The molecule has 0 unspecified atom stereocenters. The van der Waals surface area contributed by atoms with Crippen molar-refractivity contribution in [3.8, 4) is 23.0 Å². The van der Waals surface area contributed by atoms with E-state index in [1.165, 1.54) is 51.5 Å². The van der Waals surface area contributed by atoms with Gasteiger partial charge in [-0.15, -0.1) is 0 Å². The van der Waals surface area contributed by atoms with E-state index < -0.39 is 29.3 Å². The van der Waals surface area contributed by atoms with Gasteiger partial charge in [-0.2, -0.15) is 13.2 Å². The van der Waals surface area contributed by atoms with Crippen LogP contribution in [0.5, 0.6) is 23.0 Å². The topological polar surface area (TPSA) is 57.2 Å². The molecule has 0 saturated heterocycles. The number of amides is 1.